The third kappa shape index (κ3) is 3.33. The number of hydrogen-bond acceptors (Lipinski definition) is 4. The molecule has 102 valence electrons. The van der Waals surface area contributed by atoms with E-state index in [1.165, 1.54) is 0 Å². The topological polar surface area (TPSA) is 65.1 Å². The molecule has 1 aromatic heterocycles. The monoisotopic (exact) mass is 260 g/mol. The summed E-state index contributed by atoms with van der Waals surface area (Å²) in [6, 6.07) is 9.91. The van der Waals surface area contributed by atoms with Crippen molar-refractivity contribution in [1.82, 2.24) is 15.2 Å². The summed E-state index contributed by atoms with van der Waals surface area (Å²) in [5.74, 6) is 6.55. The van der Waals surface area contributed by atoms with Crippen LogP contribution in [0.1, 0.15) is 24.2 Å². The lowest BCUT2D eigenvalue weighted by atomic mass is 10.0. The number of nitrogens with one attached hydrogen (secondary N) is 1. The number of hydrazine groups is 1. The molecule has 1 unspecified atom stereocenters. The van der Waals surface area contributed by atoms with Gasteiger partial charge in [0, 0.05) is 25.2 Å². The van der Waals surface area contributed by atoms with Crippen LogP contribution in [0, 0.1) is 0 Å². The minimum Gasteiger partial charge on any atom is -0.494 e. The Bertz CT molecular complexity index is 524. The van der Waals surface area contributed by atoms with Crippen LogP contribution in [-0.2, 0) is 13.5 Å². The van der Waals surface area contributed by atoms with Gasteiger partial charge in [-0.15, -0.1) is 0 Å². The Hall–Kier alpha value is -1.85. The van der Waals surface area contributed by atoms with E-state index in [2.05, 4.69) is 10.5 Å². The van der Waals surface area contributed by atoms with E-state index in [4.69, 9.17) is 10.6 Å². The minimum absolute atomic E-state index is 0.0161. The van der Waals surface area contributed by atoms with Gasteiger partial charge in [0.25, 0.3) is 0 Å². The molecule has 0 aliphatic carbocycles. The highest BCUT2D eigenvalue weighted by Crippen LogP contribution is 2.26. The molecule has 0 amide bonds. The fraction of sp³-hybridized carbons (Fsp3) is 0.357. The number of nitrogens with zero attached hydrogens (tertiary/aromatic N) is 2. The van der Waals surface area contributed by atoms with Gasteiger partial charge in [-0.25, -0.2) is 0 Å². The van der Waals surface area contributed by atoms with Crippen LogP contribution in [0.4, 0.5) is 0 Å². The van der Waals surface area contributed by atoms with E-state index in [0.29, 0.717) is 6.61 Å². The van der Waals surface area contributed by atoms with Crippen LogP contribution >= 0.6 is 0 Å². The highest BCUT2D eigenvalue weighted by Gasteiger charge is 2.16. The summed E-state index contributed by atoms with van der Waals surface area (Å²) in [6.07, 6.45) is 2.65. The Morgan fingerprint density at radius 2 is 2.16 bits per heavy atom. The average Bonchev–Trinajstić information content (AvgIpc) is 2.83. The van der Waals surface area contributed by atoms with Crippen molar-refractivity contribution in [3.63, 3.8) is 0 Å². The number of aromatic nitrogens is 2. The maximum atomic E-state index is 5.68. The molecule has 1 atom stereocenters. The standard InChI is InChI=1S/C14H20N4O/c1-3-19-14-7-5-4-6-12(14)13(16-15)10-11-8-9-18(2)17-11/h4-9,13,16H,3,10,15H2,1-2H3. The molecule has 19 heavy (non-hydrogen) atoms. The van der Waals surface area contributed by atoms with Crippen LogP contribution in [0.2, 0.25) is 0 Å². The number of hydrogen-bond donors (Lipinski definition) is 2. The van der Waals surface area contributed by atoms with Crippen LogP contribution in [0.25, 0.3) is 0 Å². The molecule has 3 N–H and O–H groups in total. The van der Waals surface area contributed by atoms with Gasteiger partial charge in [0.05, 0.1) is 18.3 Å². The Morgan fingerprint density at radius 1 is 1.37 bits per heavy atom. The van der Waals surface area contributed by atoms with Crippen LogP contribution in [0.5, 0.6) is 5.75 Å². The largest absolute Gasteiger partial charge is 0.494 e. The van der Waals surface area contributed by atoms with E-state index in [9.17, 15) is 0 Å². The summed E-state index contributed by atoms with van der Waals surface area (Å²) in [5, 5.41) is 4.38. The zero-order valence-corrected chi connectivity index (χ0v) is 11.3. The Morgan fingerprint density at radius 3 is 2.79 bits per heavy atom. The van der Waals surface area contributed by atoms with Gasteiger partial charge >= 0.3 is 0 Å². The first-order valence-corrected chi connectivity index (χ1v) is 6.41. The zero-order chi connectivity index (χ0) is 13.7. The summed E-state index contributed by atoms with van der Waals surface area (Å²) in [7, 11) is 1.91. The lowest BCUT2D eigenvalue weighted by molar-refractivity contribution is 0.331. The predicted octanol–water partition coefficient (Wildman–Crippen LogP) is 1.57. The minimum atomic E-state index is -0.0161. The second-order valence-electron chi connectivity index (χ2n) is 4.37. The molecule has 2 rings (SSSR count). The Kier molecular flexibility index (Phi) is 4.54. The van der Waals surface area contributed by atoms with Crippen molar-refractivity contribution in [3.8, 4) is 5.75 Å². The quantitative estimate of drug-likeness (QED) is 0.611. The molecule has 0 radical (unpaired) electrons. The summed E-state index contributed by atoms with van der Waals surface area (Å²) in [5.41, 5.74) is 4.90. The van der Waals surface area contributed by atoms with Crippen molar-refractivity contribution in [1.29, 1.82) is 0 Å². The first kappa shape index (κ1) is 13.6. The highest BCUT2D eigenvalue weighted by molar-refractivity contribution is 5.36. The molecule has 5 heteroatoms. The van der Waals surface area contributed by atoms with Crippen LogP contribution in [0.15, 0.2) is 36.5 Å². The van der Waals surface area contributed by atoms with E-state index < -0.39 is 0 Å². The third-order valence-corrected chi connectivity index (χ3v) is 2.98. The van der Waals surface area contributed by atoms with Crippen molar-refractivity contribution < 1.29 is 4.74 Å². The van der Waals surface area contributed by atoms with Crippen LogP contribution in [-0.4, -0.2) is 16.4 Å². The average molecular weight is 260 g/mol. The van der Waals surface area contributed by atoms with Gasteiger partial charge in [0.2, 0.25) is 0 Å². The number of para-hydroxylation sites is 1. The number of nitrogens with two attached hydrogens (primary N) is 1. The molecule has 0 saturated heterocycles. The van der Waals surface area contributed by atoms with Crippen LogP contribution < -0.4 is 16.0 Å². The van der Waals surface area contributed by atoms with E-state index in [1.54, 1.807) is 4.68 Å². The fourth-order valence-electron chi connectivity index (χ4n) is 2.10. The van der Waals surface area contributed by atoms with E-state index in [0.717, 1.165) is 23.4 Å². The normalized spacial score (nSPS) is 12.4. The first-order chi connectivity index (χ1) is 9.24. The van der Waals surface area contributed by atoms with Crippen molar-refractivity contribution in [3.05, 3.63) is 47.8 Å². The van der Waals surface area contributed by atoms with Crippen molar-refractivity contribution in [2.24, 2.45) is 12.9 Å². The number of benzene rings is 1. The van der Waals surface area contributed by atoms with Crippen molar-refractivity contribution in [2.45, 2.75) is 19.4 Å². The molecule has 0 aliphatic rings. The Labute approximate surface area is 113 Å². The molecule has 0 bridgehead atoms. The first-order valence-electron chi connectivity index (χ1n) is 6.41. The van der Waals surface area contributed by atoms with Crippen LogP contribution in [0.3, 0.4) is 0 Å². The summed E-state index contributed by atoms with van der Waals surface area (Å²) in [6.45, 7) is 2.61. The van der Waals surface area contributed by atoms with Gasteiger partial charge in [-0.2, -0.15) is 5.10 Å². The molecule has 0 saturated carbocycles. The molecule has 5 nitrogen and oxygen atoms in total. The molecule has 1 heterocycles. The molecule has 1 aromatic carbocycles. The molecular formula is C14H20N4O. The number of rotatable bonds is 6. The maximum absolute atomic E-state index is 5.68. The molecule has 2 aromatic rings. The lowest BCUT2D eigenvalue weighted by Gasteiger charge is -2.18. The molecule has 0 spiro atoms. The molecule has 0 fully saturated rings. The fourth-order valence-corrected chi connectivity index (χ4v) is 2.10. The zero-order valence-electron chi connectivity index (χ0n) is 11.3. The highest BCUT2D eigenvalue weighted by atomic mass is 16.5. The molecule has 0 aliphatic heterocycles. The van der Waals surface area contributed by atoms with Gasteiger partial charge in [-0.1, -0.05) is 18.2 Å². The summed E-state index contributed by atoms with van der Waals surface area (Å²) < 4.78 is 7.43. The van der Waals surface area contributed by atoms with Crippen molar-refractivity contribution >= 4 is 0 Å². The van der Waals surface area contributed by atoms with Gasteiger partial charge < -0.3 is 4.74 Å². The molecular weight excluding hydrogens is 240 g/mol. The second kappa shape index (κ2) is 6.36. The van der Waals surface area contributed by atoms with E-state index >= 15 is 0 Å². The van der Waals surface area contributed by atoms with Gasteiger partial charge in [0.15, 0.2) is 0 Å². The maximum Gasteiger partial charge on any atom is 0.124 e. The second-order valence-corrected chi connectivity index (χ2v) is 4.37. The SMILES string of the molecule is CCOc1ccccc1C(Cc1ccn(C)n1)NN. The van der Waals surface area contributed by atoms with Crippen molar-refractivity contribution in [2.75, 3.05) is 6.61 Å². The van der Waals surface area contributed by atoms with E-state index in [-0.39, 0.29) is 6.04 Å². The predicted molar refractivity (Wildman–Crippen MR) is 74.6 cm³/mol. The van der Waals surface area contributed by atoms with Gasteiger partial charge in [-0.05, 0) is 19.1 Å². The Balaban J connectivity index is 2.21. The lowest BCUT2D eigenvalue weighted by Crippen LogP contribution is -2.30. The smallest absolute Gasteiger partial charge is 0.124 e. The number of aryl methyl sites for hydroxylation is 1. The van der Waals surface area contributed by atoms with Gasteiger partial charge in [0.1, 0.15) is 5.75 Å². The third-order valence-electron chi connectivity index (χ3n) is 2.98. The number of ether oxygens (including phenoxy) is 1. The summed E-state index contributed by atoms with van der Waals surface area (Å²) >= 11 is 0. The summed E-state index contributed by atoms with van der Waals surface area (Å²) in [4.78, 5) is 0. The van der Waals surface area contributed by atoms with Gasteiger partial charge in [-0.3, -0.25) is 16.0 Å². The van der Waals surface area contributed by atoms with E-state index in [1.807, 2.05) is 50.5 Å².